The molecule has 1 fully saturated rings. The smallest absolute Gasteiger partial charge is 0.319 e. The maximum absolute atomic E-state index is 13.1. The molecule has 0 saturated carbocycles. The highest BCUT2D eigenvalue weighted by Crippen LogP contribution is 2.22. The van der Waals surface area contributed by atoms with Gasteiger partial charge in [-0.25, -0.2) is 14.2 Å². The Labute approximate surface area is 188 Å². The molecule has 3 aromatic rings. The molecule has 3 N–H and O–H groups in total. The molecule has 1 aromatic heterocycles. The second-order valence-electron chi connectivity index (χ2n) is 8.37. The van der Waals surface area contributed by atoms with Gasteiger partial charge in [0.15, 0.2) is 0 Å². The number of imidazole rings is 1. The van der Waals surface area contributed by atoms with Crippen LogP contribution in [0.2, 0.25) is 0 Å². The number of aromatic amines is 1. The molecular weight excluding hydrogens is 405 g/mol. The number of nitrogens with one attached hydrogen (secondary N) is 3. The molecule has 2 heterocycles. The molecule has 6 nitrogen and oxygen atoms in total. The lowest BCUT2D eigenvalue weighted by Crippen LogP contribution is -2.37. The SMILES string of the molecule is O=C(NCCCN1CCC(Cc2ccc(F)cc2)CC1)Nc1cccc(-c2ncc[nH]2)c1. The second-order valence-corrected chi connectivity index (χ2v) is 8.37. The lowest BCUT2D eigenvalue weighted by atomic mass is 9.90. The van der Waals surface area contributed by atoms with E-state index in [1.165, 1.54) is 5.56 Å². The maximum atomic E-state index is 13.1. The molecule has 2 amide bonds. The van der Waals surface area contributed by atoms with E-state index in [1.807, 2.05) is 36.4 Å². The number of benzene rings is 2. The summed E-state index contributed by atoms with van der Waals surface area (Å²) in [5, 5.41) is 5.83. The van der Waals surface area contributed by atoms with Crippen LogP contribution in [-0.4, -0.2) is 47.1 Å². The summed E-state index contributed by atoms with van der Waals surface area (Å²) in [6.07, 6.45) is 7.75. The van der Waals surface area contributed by atoms with Gasteiger partial charge in [0.2, 0.25) is 0 Å². The molecule has 32 heavy (non-hydrogen) atoms. The number of piperidine rings is 1. The number of carbonyl (C=O) groups excluding carboxylic acids is 1. The number of hydrogen-bond donors (Lipinski definition) is 3. The summed E-state index contributed by atoms with van der Waals surface area (Å²) < 4.78 is 13.1. The van der Waals surface area contributed by atoms with E-state index in [0.29, 0.717) is 12.5 Å². The monoisotopic (exact) mass is 435 g/mol. The number of likely N-dealkylation sites (tertiary alicyclic amines) is 1. The Morgan fingerprint density at radius 1 is 1.16 bits per heavy atom. The maximum Gasteiger partial charge on any atom is 0.319 e. The first-order valence-electron chi connectivity index (χ1n) is 11.3. The Balaban J connectivity index is 1.11. The number of anilines is 1. The van der Waals surface area contributed by atoms with Gasteiger partial charge in [-0.3, -0.25) is 0 Å². The Kier molecular flexibility index (Phi) is 7.51. The average molecular weight is 436 g/mol. The number of halogens is 1. The Morgan fingerprint density at radius 3 is 2.72 bits per heavy atom. The lowest BCUT2D eigenvalue weighted by Gasteiger charge is -2.32. The van der Waals surface area contributed by atoms with Gasteiger partial charge in [-0.2, -0.15) is 0 Å². The van der Waals surface area contributed by atoms with E-state index in [0.717, 1.165) is 62.4 Å². The van der Waals surface area contributed by atoms with Crippen molar-refractivity contribution in [2.24, 2.45) is 5.92 Å². The number of rotatable bonds is 8. The molecule has 0 unspecified atom stereocenters. The fourth-order valence-electron chi connectivity index (χ4n) is 4.22. The van der Waals surface area contributed by atoms with Crippen LogP contribution in [0.25, 0.3) is 11.4 Å². The minimum Gasteiger partial charge on any atom is -0.345 e. The van der Waals surface area contributed by atoms with Gasteiger partial charge in [-0.05, 0) is 81.1 Å². The van der Waals surface area contributed by atoms with Crippen LogP contribution < -0.4 is 10.6 Å². The number of hydrogen-bond acceptors (Lipinski definition) is 3. The Hall–Kier alpha value is -3.19. The summed E-state index contributed by atoms with van der Waals surface area (Å²) in [6, 6.07) is 14.3. The molecule has 2 aromatic carbocycles. The van der Waals surface area contributed by atoms with Crippen molar-refractivity contribution >= 4 is 11.7 Å². The van der Waals surface area contributed by atoms with Crippen LogP contribution in [0, 0.1) is 11.7 Å². The van der Waals surface area contributed by atoms with Crippen LogP contribution in [-0.2, 0) is 6.42 Å². The minimum absolute atomic E-state index is 0.173. The summed E-state index contributed by atoms with van der Waals surface area (Å²) >= 11 is 0. The summed E-state index contributed by atoms with van der Waals surface area (Å²) in [7, 11) is 0. The van der Waals surface area contributed by atoms with Gasteiger partial charge in [0.25, 0.3) is 0 Å². The summed E-state index contributed by atoms with van der Waals surface area (Å²) in [4.78, 5) is 22.0. The van der Waals surface area contributed by atoms with Gasteiger partial charge in [0.1, 0.15) is 11.6 Å². The molecule has 0 spiro atoms. The van der Waals surface area contributed by atoms with Crippen molar-refractivity contribution in [1.29, 1.82) is 0 Å². The van der Waals surface area contributed by atoms with Crippen molar-refractivity contribution < 1.29 is 9.18 Å². The highest BCUT2D eigenvalue weighted by atomic mass is 19.1. The van der Waals surface area contributed by atoms with Gasteiger partial charge in [-0.1, -0.05) is 24.3 Å². The fourth-order valence-corrected chi connectivity index (χ4v) is 4.22. The van der Waals surface area contributed by atoms with Crippen LogP contribution in [0.4, 0.5) is 14.9 Å². The topological polar surface area (TPSA) is 73.1 Å². The van der Waals surface area contributed by atoms with E-state index in [2.05, 4.69) is 25.5 Å². The van der Waals surface area contributed by atoms with E-state index >= 15 is 0 Å². The van der Waals surface area contributed by atoms with Crippen molar-refractivity contribution in [3.05, 3.63) is 72.3 Å². The van der Waals surface area contributed by atoms with Crippen LogP contribution in [0.5, 0.6) is 0 Å². The van der Waals surface area contributed by atoms with E-state index < -0.39 is 0 Å². The van der Waals surface area contributed by atoms with Crippen molar-refractivity contribution in [1.82, 2.24) is 20.2 Å². The molecule has 1 aliphatic heterocycles. The standard InChI is InChI=1S/C25H30FN5O/c26-22-7-5-19(6-8-22)17-20-9-15-31(16-10-20)14-2-11-29-25(32)30-23-4-1-3-21(18-23)24-27-12-13-28-24/h1,3-8,12-13,18,20H,2,9-11,14-17H2,(H,27,28)(H2,29,30,32). The fraction of sp³-hybridized carbons (Fsp3) is 0.360. The van der Waals surface area contributed by atoms with Crippen molar-refractivity contribution in [2.75, 3.05) is 31.5 Å². The third-order valence-electron chi connectivity index (χ3n) is 5.97. The molecular formula is C25H30FN5O. The van der Waals surface area contributed by atoms with E-state index in [9.17, 15) is 9.18 Å². The van der Waals surface area contributed by atoms with E-state index in [4.69, 9.17) is 0 Å². The zero-order valence-electron chi connectivity index (χ0n) is 18.2. The van der Waals surface area contributed by atoms with Crippen LogP contribution in [0.3, 0.4) is 0 Å². The summed E-state index contributed by atoms with van der Waals surface area (Å²) in [5.74, 6) is 1.27. The number of carbonyl (C=O) groups is 1. The molecule has 0 bridgehead atoms. The predicted molar refractivity (Wildman–Crippen MR) is 125 cm³/mol. The molecule has 0 radical (unpaired) electrons. The molecule has 1 saturated heterocycles. The highest BCUT2D eigenvalue weighted by molar-refractivity contribution is 5.89. The summed E-state index contributed by atoms with van der Waals surface area (Å²) in [5.41, 5.74) is 2.88. The number of nitrogens with zero attached hydrogens (tertiary/aromatic N) is 2. The normalized spacial score (nSPS) is 14.9. The second kappa shape index (κ2) is 10.9. The van der Waals surface area contributed by atoms with Crippen LogP contribution >= 0.6 is 0 Å². The minimum atomic E-state index is -0.195. The Morgan fingerprint density at radius 2 is 1.97 bits per heavy atom. The van der Waals surface area contributed by atoms with E-state index in [-0.39, 0.29) is 11.8 Å². The number of H-pyrrole nitrogens is 1. The first kappa shape index (κ1) is 22.0. The molecule has 1 aliphatic rings. The predicted octanol–water partition coefficient (Wildman–Crippen LogP) is 4.68. The van der Waals surface area contributed by atoms with E-state index in [1.54, 1.807) is 24.5 Å². The average Bonchev–Trinajstić information content (AvgIpc) is 3.35. The van der Waals surface area contributed by atoms with Crippen molar-refractivity contribution in [3.63, 3.8) is 0 Å². The van der Waals surface area contributed by atoms with Crippen molar-refractivity contribution in [2.45, 2.75) is 25.7 Å². The lowest BCUT2D eigenvalue weighted by molar-refractivity contribution is 0.182. The third kappa shape index (κ3) is 6.40. The van der Waals surface area contributed by atoms with Crippen LogP contribution in [0.15, 0.2) is 60.9 Å². The van der Waals surface area contributed by atoms with Gasteiger partial charge in [-0.15, -0.1) is 0 Å². The van der Waals surface area contributed by atoms with Gasteiger partial charge in [0.05, 0.1) is 0 Å². The number of aromatic nitrogens is 2. The highest BCUT2D eigenvalue weighted by Gasteiger charge is 2.19. The molecule has 168 valence electrons. The number of amides is 2. The first-order chi connectivity index (χ1) is 15.7. The third-order valence-corrected chi connectivity index (χ3v) is 5.97. The molecule has 0 aliphatic carbocycles. The molecule has 0 atom stereocenters. The zero-order chi connectivity index (χ0) is 22.2. The first-order valence-corrected chi connectivity index (χ1v) is 11.3. The van der Waals surface area contributed by atoms with Gasteiger partial charge in [0, 0.05) is 30.2 Å². The van der Waals surface area contributed by atoms with Gasteiger partial charge >= 0.3 is 6.03 Å². The summed E-state index contributed by atoms with van der Waals surface area (Å²) in [6.45, 7) is 3.78. The van der Waals surface area contributed by atoms with Gasteiger partial charge < -0.3 is 20.5 Å². The Bertz CT molecular complexity index is 982. The molecule has 4 rings (SSSR count). The van der Waals surface area contributed by atoms with Crippen molar-refractivity contribution in [3.8, 4) is 11.4 Å². The largest absolute Gasteiger partial charge is 0.345 e. The van der Waals surface area contributed by atoms with Crippen LogP contribution in [0.1, 0.15) is 24.8 Å². The quantitative estimate of drug-likeness (QED) is 0.450. The zero-order valence-corrected chi connectivity index (χ0v) is 18.2. The number of urea groups is 1. The molecule has 7 heteroatoms.